The van der Waals surface area contributed by atoms with Crippen molar-refractivity contribution in [3.05, 3.63) is 53.7 Å². The highest BCUT2D eigenvalue weighted by atomic mass is 16.4. The van der Waals surface area contributed by atoms with Crippen LogP contribution in [0.15, 0.2) is 42.6 Å². The fraction of sp³-hybridized carbons (Fsp3) is 0.455. The maximum atomic E-state index is 11.7. The van der Waals surface area contributed by atoms with Gasteiger partial charge >= 0.3 is 5.97 Å². The summed E-state index contributed by atoms with van der Waals surface area (Å²) in [5.41, 5.74) is 3.54. The molecule has 25 heavy (non-hydrogen) atoms. The zero-order valence-electron chi connectivity index (χ0n) is 14.3. The zero-order chi connectivity index (χ0) is 17.0. The molecule has 1 aromatic carbocycles. The van der Waals surface area contributed by atoms with Gasteiger partial charge in [0.05, 0.1) is 11.3 Å². The molecule has 3 nitrogen and oxygen atoms in total. The van der Waals surface area contributed by atoms with Gasteiger partial charge in [-0.3, -0.25) is 4.98 Å². The lowest BCUT2D eigenvalue weighted by atomic mass is 9.47. The van der Waals surface area contributed by atoms with E-state index in [0.717, 1.165) is 23.3 Å². The van der Waals surface area contributed by atoms with E-state index in [9.17, 15) is 9.90 Å². The van der Waals surface area contributed by atoms with E-state index in [4.69, 9.17) is 0 Å². The number of hydrogen-bond donors (Lipinski definition) is 1. The minimum atomic E-state index is -0.900. The summed E-state index contributed by atoms with van der Waals surface area (Å²) in [4.78, 5) is 16.2. The number of rotatable bonds is 3. The average molecular weight is 333 g/mol. The third-order valence-electron chi connectivity index (χ3n) is 6.83. The van der Waals surface area contributed by atoms with Crippen molar-refractivity contribution in [3.8, 4) is 11.3 Å². The van der Waals surface area contributed by atoms with E-state index in [1.54, 1.807) is 18.3 Å². The second-order valence-electron chi connectivity index (χ2n) is 8.45. The molecule has 4 aliphatic carbocycles. The highest BCUT2D eigenvalue weighted by molar-refractivity contribution is 5.95. The number of pyridine rings is 1. The van der Waals surface area contributed by atoms with E-state index < -0.39 is 5.97 Å². The molecular formula is C22H23NO2. The molecule has 0 radical (unpaired) electrons. The Balaban J connectivity index is 1.67. The first-order valence-corrected chi connectivity index (χ1v) is 9.43. The number of benzene rings is 1. The van der Waals surface area contributed by atoms with Gasteiger partial charge in [-0.2, -0.15) is 0 Å². The summed E-state index contributed by atoms with van der Waals surface area (Å²) in [6.07, 6.45) is 9.74. The zero-order valence-corrected chi connectivity index (χ0v) is 14.3. The van der Waals surface area contributed by atoms with Crippen LogP contribution < -0.4 is 0 Å². The van der Waals surface area contributed by atoms with E-state index in [1.807, 2.05) is 6.07 Å². The highest BCUT2D eigenvalue weighted by Crippen LogP contribution is 2.61. The molecule has 0 saturated heterocycles. The van der Waals surface area contributed by atoms with E-state index in [-0.39, 0.29) is 5.41 Å². The third kappa shape index (κ3) is 2.32. The monoisotopic (exact) mass is 333 g/mol. The first-order valence-electron chi connectivity index (χ1n) is 9.43. The van der Waals surface area contributed by atoms with Gasteiger partial charge in [-0.1, -0.05) is 24.3 Å². The number of aromatic carboxylic acids is 1. The molecule has 0 amide bonds. The summed E-state index contributed by atoms with van der Waals surface area (Å²) in [6, 6.07) is 11.8. The van der Waals surface area contributed by atoms with E-state index in [2.05, 4.69) is 23.2 Å². The largest absolute Gasteiger partial charge is 0.478 e. The van der Waals surface area contributed by atoms with Crippen molar-refractivity contribution < 1.29 is 9.90 Å². The SMILES string of the molecule is O=C(O)c1cccnc1-c1ccccc1C12CC3CC(CC(C3)C1)C2. The first-order chi connectivity index (χ1) is 12.1. The van der Waals surface area contributed by atoms with Gasteiger partial charge in [0.25, 0.3) is 0 Å². The quantitative estimate of drug-likeness (QED) is 0.868. The van der Waals surface area contributed by atoms with Crippen LogP contribution in [-0.4, -0.2) is 16.1 Å². The van der Waals surface area contributed by atoms with Gasteiger partial charge in [-0.25, -0.2) is 4.79 Å². The van der Waals surface area contributed by atoms with Crippen molar-refractivity contribution in [2.45, 2.75) is 43.9 Å². The lowest BCUT2D eigenvalue weighted by Gasteiger charge is -2.57. The molecule has 1 heterocycles. The summed E-state index contributed by atoms with van der Waals surface area (Å²) in [5.74, 6) is 1.69. The summed E-state index contributed by atoms with van der Waals surface area (Å²) in [5, 5.41) is 9.61. The number of aromatic nitrogens is 1. The molecule has 4 fully saturated rings. The second kappa shape index (κ2) is 5.42. The van der Waals surface area contributed by atoms with Crippen molar-refractivity contribution in [1.82, 2.24) is 4.98 Å². The summed E-state index contributed by atoms with van der Waals surface area (Å²) in [7, 11) is 0. The van der Waals surface area contributed by atoms with Crippen LogP contribution in [0.25, 0.3) is 11.3 Å². The molecule has 0 atom stereocenters. The Morgan fingerprint density at radius 2 is 1.60 bits per heavy atom. The fourth-order valence-electron chi connectivity index (χ4n) is 6.39. The van der Waals surface area contributed by atoms with Gasteiger partial charge in [0.1, 0.15) is 0 Å². The summed E-state index contributed by atoms with van der Waals surface area (Å²) < 4.78 is 0. The molecule has 0 spiro atoms. The average Bonchev–Trinajstić information content (AvgIpc) is 2.60. The van der Waals surface area contributed by atoms with Crippen LogP contribution in [0.1, 0.15) is 54.4 Å². The summed E-state index contributed by atoms with van der Waals surface area (Å²) in [6.45, 7) is 0. The smallest absolute Gasteiger partial charge is 0.337 e. The fourth-order valence-corrected chi connectivity index (χ4v) is 6.39. The maximum absolute atomic E-state index is 11.7. The molecule has 6 rings (SSSR count). The Labute approximate surface area is 148 Å². The molecule has 0 unspecified atom stereocenters. The Morgan fingerprint density at radius 3 is 2.24 bits per heavy atom. The molecule has 128 valence electrons. The molecule has 4 bridgehead atoms. The molecule has 4 saturated carbocycles. The van der Waals surface area contributed by atoms with Crippen LogP contribution in [-0.2, 0) is 5.41 Å². The topological polar surface area (TPSA) is 50.2 Å². The van der Waals surface area contributed by atoms with Crippen LogP contribution in [0, 0.1) is 17.8 Å². The first kappa shape index (κ1) is 15.1. The Morgan fingerprint density at radius 1 is 0.960 bits per heavy atom. The van der Waals surface area contributed by atoms with Gasteiger partial charge < -0.3 is 5.11 Å². The molecule has 4 aliphatic rings. The predicted molar refractivity (Wildman–Crippen MR) is 96.5 cm³/mol. The van der Waals surface area contributed by atoms with Crippen LogP contribution >= 0.6 is 0 Å². The van der Waals surface area contributed by atoms with Gasteiger partial charge in [-0.05, 0) is 79.4 Å². The molecule has 1 N–H and O–H groups in total. The number of carbonyl (C=O) groups is 1. The third-order valence-corrected chi connectivity index (χ3v) is 6.83. The van der Waals surface area contributed by atoms with E-state index >= 15 is 0 Å². The lowest BCUT2D eigenvalue weighted by Crippen LogP contribution is -2.48. The second-order valence-corrected chi connectivity index (χ2v) is 8.45. The van der Waals surface area contributed by atoms with Gasteiger partial charge in [0.2, 0.25) is 0 Å². The maximum Gasteiger partial charge on any atom is 0.337 e. The molecular weight excluding hydrogens is 310 g/mol. The molecule has 3 heteroatoms. The van der Waals surface area contributed by atoms with Crippen LogP contribution in [0.4, 0.5) is 0 Å². The highest BCUT2D eigenvalue weighted by Gasteiger charge is 2.52. The number of nitrogens with zero attached hydrogens (tertiary/aromatic N) is 1. The lowest BCUT2D eigenvalue weighted by molar-refractivity contribution is -0.00494. The van der Waals surface area contributed by atoms with Crippen LogP contribution in [0.5, 0.6) is 0 Å². The normalized spacial score (nSPS) is 32.7. The van der Waals surface area contributed by atoms with Crippen molar-refractivity contribution >= 4 is 5.97 Å². The Bertz CT molecular complexity index is 806. The molecule has 2 aromatic rings. The van der Waals surface area contributed by atoms with E-state index in [0.29, 0.717) is 11.3 Å². The van der Waals surface area contributed by atoms with Gasteiger partial charge in [0, 0.05) is 11.8 Å². The Hall–Kier alpha value is -2.16. The van der Waals surface area contributed by atoms with Crippen molar-refractivity contribution in [2.75, 3.05) is 0 Å². The van der Waals surface area contributed by atoms with Crippen LogP contribution in [0.3, 0.4) is 0 Å². The Kier molecular flexibility index (Phi) is 3.28. The van der Waals surface area contributed by atoms with Crippen molar-refractivity contribution in [1.29, 1.82) is 0 Å². The van der Waals surface area contributed by atoms with E-state index in [1.165, 1.54) is 44.1 Å². The molecule has 0 aliphatic heterocycles. The van der Waals surface area contributed by atoms with Gasteiger partial charge in [0.15, 0.2) is 0 Å². The van der Waals surface area contributed by atoms with Crippen LogP contribution in [0.2, 0.25) is 0 Å². The van der Waals surface area contributed by atoms with Crippen molar-refractivity contribution in [2.24, 2.45) is 17.8 Å². The molecule has 1 aromatic heterocycles. The number of carboxylic acids is 1. The van der Waals surface area contributed by atoms with Gasteiger partial charge in [-0.15, -0.1) is 0 Å². The minimum absolute atomic E-state index is 0.235. The standard InChI is InChI=1S/C22H23NO2/c24-21(25)18-5-3-7-23-20(18)17-4-1-2-6-19(17)22-11-14-8-15(12-22)10-16(9-14)13-22/h1-7,14-16H,8-13H2,(H,24,25). The predicted octanol–water partition coefficient (Wildman–Crippen LogP) is 4.91. The number of hydrogen-bond acceptors (Lipinski definition) is 2. The minimum Gasteiger partial charge on any atom is -0.478 e. The number of carboxylic acid groups (broad SMARTS) is 1. The van der Waals surface area contributed by atoms with Crippen molar-refractivity contribution in [3.63, 3.8) is 0 Å². The summed E-state index contributed by atoms with van der Waals surface area (Å²) >= 11 is 0.